The minimum absolute atomic E-state index is 0.0326. The molecule has 2 aromatic rings. The van der Waals surface area contributed by atoms with Gasteiger partial charge in [-0.2, -0.15) is 0 Å². The average Bonchev–Trinajstić information content (AvgIpc) is 3.31. The molecule has 10 nitrogen and oxygen atoms in total. The summed E-state index contributed by atoms with van der Waals surface area (Å²) in [5.41, 5.74) is 6.91. The molecule has 1 saturated carbocycles. The smallest absolute Gasteiger partial charge is 0.323 e. The first-order chi connectivity index (χ1) is 16.5. The summed E-state index contributed by atoms with van der Waals surface area (Å²) in [6.45, 7) is 0.457. The highest BCUT2D eigenvalue weighted by atomic mass is 16.5. The Bertz CT molecular complexity index is 1010. The second-order valence-corrected chi connectivity index (χ2v) is 8.59. The van der Waals surface area contributed by atoms with E-state index in [1.807, 2.05) is 0 Å². The molecule has 2 heterocycles. The van der Waals surface area contributed by atoms with Crippen LogP contribution in [0.2, 0.25) is 0 Å². The molecule has 1 atom stereocenters. The zero-order chi connectivity index (χ0) is 24.1. The third kappa shape index (κ3) is 5.28. The summed E-state index contributed by atoms with van der Waals surface area (Å²) in [4.78, 5) is 46.6. The molecule has 0 radical (unpaired) electrons. The van der Waals surface area contributed by atoms with Crippen molar-refractivity contribution in [1.29, 1.82) is 0 Å². The average molecular weight is 467 g/mol. The van der Waals surface area contributed by atoms with Crippen LogP contribution in [0.5, 0.6) is 5.75 Å². The monoisotopic (exact) mass is 466 g/mol. The van der Waals surface area contributed by atoms with Crippen LogP contribution < -0.4 is 21.1 Å². The van der Waals surface area contributed by atoms with Crippen molar-refractivity contribution in [3.05, 3.63) is 54.4 Å². The number of urea groups is 1. The van der Waals surface area contributed by atoms with Crippen molar-refractivity contribution in [2.45, 2.75) is 43.9 Å². The van der Waals surface area contributed by atoms with E-state index in [0.717, 1.165) is 25.7 Å². The summed E-state index contributed by atoms with van der Waals surface area (Å²) in [5, 5.41) is 5.85. The lowest BCUT2D eigenvalue weighted by Crippen LogP contribution is -2.56. The number of hydrogen-bond donors (Lipinski definition) is 3. The van der Waals surface area contributed by atoms with E-state index in [1.54, 1.807) is 49.7 Å². The van der Waals surface area contributed by atoms with Crippen molar-refractivity contribution in [2.24, 2.45) is 5.73 Å². The lowest BCUT2D eigenvalue weighted by atomic mass is 9.92. The summed E-state index contributed by atoms with van der Waals surface area (Å²) >= 11 is 0. The predicted molar refractivity (Wildman–Crippen MR) is 126 cm³/mol. The highest BCUT2D eigenvalue weighted by molar-refractivity contribution is 6.00. The van der Waals surface area contributed by atoms with Crippen molar-refractivity contribution in [3.63, 3.8) is 0 Å². The lowest BCUT2D eigenvalue weighted by molar-refractivity contribution is -0.128. The minimum atomic E-state index is -1.07. The molecule has 1 aliphatic heterocycles. The predicted octanol–water partition coefficient (Wildman–Crippen LogP) is 1.79. The first-order valence-corrected chi connectivity index (χ1v) is 11.4. The second-order valence-electron chi connectivity index (χ2n) is 8.59. The van der Waals surface area contributed by atoms with Gasteiger partial charge >= 0.3 is 6.03 Å². The van der Waals surface area contributed by atoms with E-state index >= 15 is 0 Å². The van der Waals surface area contributed by atoms with Gasteiger partial charge in [0.15, 0.2) is 6.17 Å². The maximum atomic E-state index is 13.4. The number of pyridine rings is 1. The molecule has 4 amide bonds. The van der Waals surface area contributed by atoms with Gasteiger partial charge in [0, 0.05) is 43.3 Å². The number of amides is 4. The summed E-state index contributed by atoms with van der Waals surface area (Å²) < 4.78 is 5.15. The van der Waals surface area contributed by atoms with E-state index in [1.165, 1.54) is 16.0 Å². The van der Waals surface area contributed by atoms with Gasteiger partial charge in [-0.1, -0.05) is 0 Å². The fourth-order valence-electron chi connectivity index (χ4n) is 4.40. The number of nitrogens with zero attached hydrogens (tertiary/aromatic N) is 3. The maximum Gasteiger partial charge on any atom is 0.323 e. The number of benzene rings is 1. The maximum absolute atomic E-state index is 13.4. The molecule has 1 unspecified atom stereocenters. The fourth-order valence-corrected chi connectivity index (χ4v) is 4.40. The zero-order valence-corrected chi connectivity index (χ0v) is 19.1. The Labute approximate surface area is 198 Å². The molecule has 0 spiro atoms. The van der Waals surface area contributed by atoms with Crippen LogP contribution in [-0.4, -0.2) is 71.1 Å². The van der Waals surface area contributed by atoms with E-state index in [2.05, 4.69) is 15.6 Å². The van der Waals surface area contributed by atoms with Gasteiger partial charge in [-0.25, -0.2) is 4.79 Å². The summed E-state index contributed by atoms with van der Waals surface area (Å²) in [6, 6.07) is 9.86. The second kappa shape index (κ2) is 10.5. The van der Waals surface area contributed by atoms with E-state index in [-0.39, 0.29) is 37.0 Å². The van der Waals surface area contributed by atoms with E-state index < -0.39 is 12.2 Å². The van der Waals surface area contributed by atoms with Gasteiger partial charge in [-0.05, 0) is 62.1 Å². The van der Waals surface area contributed by atoms with Crippen molar-refractivity contribution >= 4 is 23.5 Å². The molecule has 2 aliphatic rings. The van der Waals surface area contributed by atoms with E-state index in [9.17, 15) is 14.4 Å². The molecule has 10 heteroatoms. The molecule has 4 N–H and O–H groups in total. The van der Waals surface area contributed by atoms with Gasteiger partial charge in [-0.3, -0.25) is 19.5 Å². The number of nitrogens with one attached hydrogen (secondary N) is 2. The summed E-state index contributed by atoms with van der Waals surface area (Å²) in [5.74, 6) is -0.0596. The Hall–Kier alpha value is -3.66. The van der Waals surface area contributed by atoms with Crippen molar-refractivity contribution in [3.8, 4) is 5.75 Å². The van der Waals surface area contributed by atoms with Crippen LogP contribution in [0.1, 0.15) is 36.0 Å². The number of hydrogen-bond acceptors (Lipinski definition) is 6. The van der Waals surface area contributed by atoms with Crippen molar-refractivity contribution < 1.29 is 19.1 Å². The summed E-state index contributed by atoms with van der Waals surface area (Å²) in [6.07, 6.45) is 5.17. The van der Waals surface area contributed by atoms with Gasteiger partial charge in [0.25, 0.3) is 11.8 Å². The van der Waals surface area contributed by atoms with Gasteiger partial charge in [-0.15, -0.1) is 0 Å². The number of anilines is 1. The number of carbonyl (C=O) groups is 3. The largest absolute Gasteiger partial charge is 0.497 e. The van der Waals surface area contributed by atoms with E-state index in [4.69, 9.17) is 10.5 Å². The molecule has 1 saturated heterocycles. The van der Waals surface area contributed by atoms with Crippen LogP contribution in [0.25, 0.3) is 0 Å². The number of methoxy groups -OCH3 is 1. The fraction of sp³-hybridized carbons (Fsp3) is 0.417. The van der Waals surface area contributed by atoms with Crippen LogP contribution in [0, 0.1) is 0 Å². The molecule has 1 aliphatic carbocycles. The first-order valence-electron chi connectivity index (χ1n) is 11.4. The number of rotatable bonds is 5. The number of nitrogens with two attached hydrogens (primary N) is 1. The minimum Gasteiger partial charge on any atom is -0.497 e. The lowest BCUT2D eigenvalue weighted by Gasteiger charge is -2.32. The van der Waals surface area contributed by atoms with E-state index in [0.29, 0.717) is 17.0 Å². The number of aromatic nitrogens is 1. The van der Waals surface area contributed by atoms with Crippen LogP contribution in [0.15, 0.2) is 48.8 Å². The third-order valence-corrected chi connectivity index (χ3v) is 6.30. The molecule has 34 heavy (non-hydrogen) atoms. The highest BCUT2D eigenvalue weighted by Crippen LogP contribution is 2.23. The molecular weight excluding hydrogens is 436 g/mol. The van der Waals surface area contributed by atoms with Crippen molar-refractivity contribution in [2.75, 3.05) is 25.5 Å². The normalized spacial score (nSPS) is 22.2. The molecule has 180 valence electrons. The topological polar surface area (TPSA) is 130 Å². The molecule has 1 aromatic carbocycles. The molecule has 0 bridgehead atoms. The van der Waals surface area contributed by atoms with Gasteiger partial charge in [0.1, 0.15) is 5.75 Å². The Morgan fingerprint density at radius 1 is 1.03 bits per heavy atom. The first kappa shape index (κ1) is 23.5. The van der Waals surface area contributed by atoms with Crippen LogP contribution in [-0.2, 0) is 4.79 Å². The Balaban J connectivity index is 1.53. The Kier molecular flexibility index (Phi) is 7.27. The van der Waals surface area contributed by atoms with Crippen molar-refractivity contribution in [1.82, 2.24) is 20.1 Å². The molecular formula is C24H30N6O4. The third-order valence-electron chi connectivity index (χ3n) is 6.30. The van der Waals surface area contributed by atoms with Crippen LogP contribution in [0.4, 0.5) is 10.5 Å². The number of carbonyl (C=O) groups excluding carboxylic acids is 3. The van der Waals surface area contributed by atoms with Crippen LogP contribution >= 0.6 is 0 Å². The molecule has 2 fully saturated rings. The van der Waals surface area contributed by atoms with Gasteiger partial charge in [0.05, 0.1) is 12.7 Å². The highest BCUT2D eigenvalue weighted by Gasteiger charge is 2.43. The number of ether oxygens (including phenoxy) is 1. The Morgan fingerprint density at radius 2 is 1.74 bits per heavy atom. The standard InChI is InChI=1S/C24H30N6O4/c1-34-20-10-8-19(9-11-20)28-24(33)30-14-13-29(23(32)16-3-2-12-26-15-16)22(30)21(31)27-18-6-4-17(25)5-7-18/h2-3,8-12,15,17-18,22H,4-7,13-14,25H2,1H3,(H,27,31)(H,28,33). The zero-order valence-electron chi connectivity index (χ0n) is 19.1. The quantitative estimate of drug-likeness (QED) is 0.616. The van der Waals surface area contributed by atoms with Gasteiger partial charge < -0.3 is 26.0 Å². The summed E-state index contributed by atoms with van der Waals surface area (Å²) in [7, 11) is 1.56. The molecule has 4 rings (SSSR count). The van der Waals surface area contributed by atoms with Gasteiger partial charge in [0.2, 0.25) is 0 Å². The Morgan fingerprint density at radius 3 is 2.38 bits per heavy atom. The van der Waals surface area contributed by atoms with Crippen LogP contribution in [0.3, 0.4) is 0 Å². The SMILES string of the molecule is COc1ccc(NC(=O)N2CCN(C(=O)c3cccnc3)C2C(=O)NC2CCC(N)CC2)cc1. The molecule has 1 aromatic heterocycles.